The first-order valence-electron chi connectivity index (χ1n) is 10.1. The lowest BCUT2D eigenvalue weighted by Gasteiger charge is -2.35. The predicted octanol–water partition coefficient (Wildman–Crippen LogP) is 4.08. The van der Waals surface area contributed by atoms with Crippen LogP contribution in [0.2, 0.25) is 0 Å². The maximum Gasteiger partial charge on any atom is 0.262 e. The molecule has 1 N–H and O–H groups in total. The van der Waals surface area contributed by atoms with Crippen LogP contribution in [0.15, 0.2) is 53.1 Å². The largest absolute Gasteiger partial charge is 0.477 e. The number of ether oxygens (including phenoxy) is 1. The summed E-state index contributed by atoms with van der Waals surface area (Å²) < 4.78 is 24.8. The highest BCUT2D eigenvalue weighted by Gasteiger charge is 2.31. The highest BCUT2D eigenvalue weighted by atomic mass is 19.1. The van der Waals surface area contributed by atoms with E-state index < -0.39 is 6.10 Å². The second-order valence-electron chi connectivity index (χ2n) is 7.34. The molecule has 3 aromatic rings. The number of carbonyl (C=O) groups excluding carboxylic acids is 1. The van der Waals surface area contributed by atoms with E-state index in [1.165, 1.54) is 12.1 Å². The van der Waals surface area contributed by atoms with Gasteiger partial charge in [-0.1, -0.05) is 24.2 Å². The molecule has 2 heterocycles. The molecular formula is C23H24FN3O3. The third kappa shape index (κ3) is 4.01. The topological polar surface area (TPSA) is 67.6 Å². The number of hydrogen-bond donors (Lipinski definition) is 1. The first-order valence-corrected chi connectivity index (χ1v) is 10.1. The molecule has 156 valence electrons. The summed E-state index contributed by atoms with van der Waals surface area (Å²) in [5, 5.41) is 7.15. The number of rotatable bonds is 6. The van der Waals surface area contributed by atoms with E-state index >= 15 is 0 Å². The number of aromatic nitrogens is 1. The van der Waals surface area contributed by atoms with Crippen LogP contribution in [0.25, 0.3) is 11.3 Å². The molecule has 1 aromatic heterocycles. The van der Waals surface area contributed by atoms with Gasteiger partial charge in [-0.15, -0.1) is 0 Å². The first kappa shape index (κ1) is 19.9. The number of nitrogens with one attached hydrogen (secondary N) is 1. The summed E-state index contributed by atoms with van der Waals surface area (Å²) in [6.07, 6.45) is 0.263. The number of carbonyl (C=O) groups is 1. The lowest BCUT2D eigenvalue weighted by molar-refractivity contribution is -0.127. The predicted molar refractivity (Wildman–Crippen MR) is 112 cm³/mol. The Balaban J connectivity index is 1.59. The molecule has 0 saturated heterocycles. The third-order valence-electron chi connectivity index (χ3n) is 5.17. The number of para-hydroxylation sites is 2. The summed E-state index contributed by atoms with van der Waals surface area (Å²) in [5.41, 5.74) is 3.32. The van der Waals surface area contributed by atoms with Crippen LogP contribution >= 0.6 is 0 Å². The van der Waals surface area contributed by atoms with Crippen LogP contribution in [0.3, 0.4) is 0 Å². The first-order chi connectivity index (χ1) is 14.6. The normalized spacial score (nSPS) is 15.4. The van der Waals surface area contributed by atoms with Crippen molar-refractivity contribution in [1.82, 2.24) is 10.5 Å². The Kier molecular flexibility index (Phi) is 5.70. The van der Waals surface area contributed by atoms with Crippen LogP contribution in [0.5, 0.6) is 5.75 Å². The summed E-state index contributed by atoms with van der Waals surface area (Å²) >= 11 is 0. The van der Waals surface area contributed by atoms with Gasteiger partial charge >= 0.3 is 0 Å². The zero-order valence-corrected chi connectivity index (χ0v) is 17.0. The molecule has 0 aliphatic carbocycles. The Labute approximate surface area is 174 Å². The molecule has 0 unspecified atom stereocenters. The van der Waals surface area contributed by atoms with Crippen molar-refractivity contribution in [3.8, 4) is 17.1 Å². The van der Waals surface area contributed by atoms with Gasteiger partial charge in [0.05, 0.1) is 18.8 Å². The van der Waals surface area contributed by atoms with Gasteiger partial charge in [0, 0.05) is 17.7 Å². The number of halogens is 1. The van der Waals surface area contributed by atoms with Gasteiger partial charge in [0.25, 0.3) is 5.91 Å². The molecule has 0 bridgehead atoms. The third-order valence-corrected chi connectivity index (χ3v) is 5.17. The minimum Gasteiger partial charge on any atom is -0.477 e. The van der Waals surface area contributed by atoms with E-state index in [4.69, 9.17) is 9.26 Å². The van der Waals surface area contributed by atoms with Crippen molar-refractivity contribution in [3.63, 3.8) is 0 Å². The van der Waals surface area contributed by atoms with E-state index in [2.05, 4.69) is 15.4 Å². The Bertz CT molecular complexity index is 1030. The van der Waals surface area contributed by atoms with Crippen LogP contribution < -0.4 is 15.0 Å². The van der Waals surface area contributed by atoms with Crippen LogP contribution in [0, 0.1) is 12.7 Å². The fraction of sp³-hybridized carbons (Fsp3) is 0.304. The highest BCUT2D eigenvalue weighted by Crippen LogP contribution is 2.35. The lowest BCUT2D eigenvalue weighted by Crippen LogP contribution is -2.49. The minimum atomic E-state index is -0.602. The summed E-state index contributed by atoms with van der Waals surface area (Å²) in [5.74, 6) is 0.859. The summed E-state index contributed by atoms with van der Waals surface area (Å²) in [7, 11) is 0. The SMILES string of the molecule is CCCNC(=O)[C@@H]1CN(Cc2noc(-c3ccc(F)cc3)c2C)c2ccccc2O1. The van der Waals surface area contributed by atoms with Crippen molar-refractivity contribution in [2.75, 3.05) is 18.0 Å². The molecule has 1 amide bonds. The molecule has 30 heavy (non-hydrogen) atoms. The Morgan fingerprint density at radius 3 is 2.77 bits per heavy atom. The van der Waals surface area contributed by atoms with Crippen molar-refractivity contribution in [1.29, 1.82) is 0 Å². The number of anilines is 1. The molecule has 1 aliphatic heterocycles. The van der Waals surface area contributed by atoms with E-state index in [-0.39, 0.29) is 11.7 Å². The molecule has 1 atom stereocenters. The highest BCUT2D eigenvalue weighted by molar-refractivity contribution is 5.83. The van der Waals surface area contributed by atoms with E-state index in [0.29, 0.717) is 31.1 Å². The van der Waals surface area contributed by atoms with Gasteiger partial charge in [0.15, 0.2) is 11.9 Å². The number of nitrogens with zero attached hydrogens (tertiary/aromatic N) is 2. The van der Waals surface area contributed by atoms with Crippen LogP contribution in [-0.2, 0) is 11.3 Å². The summed E-state index contributed by atoms with van der Waals surface area (Å²) in [4.78, 5) is 14.6. The van der Waals surface area contributed by atoms with Gasteiger partial charge in [0.2, 0.25) is 0 Å². The number of amides is 1. The number of benzene rings is 2. The van der Waals surface area contributed by atoms with Crippen LogP contribution in [0.1, 0.15) is 24.6 Å². The molecule has 4 rings (SSSR count). The monoisotopic (exact) mass is 409 g/mol. The summed E-state index contributed by atoms with van der Waals surface area (Å²) in [6.45, 7) is 5.43. The van der Waals surface area contributed by atoms with Crippen LogP contribution in [0.4, 0.5) is 10.1 Å². The van der Waals surface area contributed by atoms with E-state index in [1.54, 1.807) is 12.1 Å². The maximum absolute atomic E-state index is 13.2. The number of fused-ring (bicyclic) bond motifs is 1. The molecule has 1 aliphatic rings. The average molecular weight is 409 g/mol. The Morgan fingerprint density at radius 2 is 2.00 bits per heavy atom. The molecule has 0 spiro atoms. The standard InChI is InChI=1S/C23H24FN3O3/c1-3-12-25-23(28)21-14-27(19-6-4-5-7-20(19)29-21)13-18-15(2)22(30-26-18)16-8-10-17(24)11-9-16/h4-11,21H,3,12-14H2,1-2H3,(H,25,28)/t21-/m0/s1. The molecule has 0 saturated carbocycles. The smallest absolute Gasteiger partial charge is 0.262 e. The maximum atomic E-state index is 13.2. The second kappa shape index (κ2) is 8.57. The second-order valence-corrected chi connectivity index (χ2v) is 7.34. The quantitative estimate of drug-likeness (QED) is 0.664. The Morgan fingerprint density at radius 1 is 1.23 bits per heavy atom. The molecule has 0 fully saturated rings. The summed E-state index contributed by atoms with van der Waals surface area (Å²) in [6, 6.07) is 13.8. The van der Waals surface area contributed by atoms with Gasteiger partial charge in [0.1, 0.15) is 17.3 Å². The zero-order valence-electron chi connectivity index (χ0n) is 17.0. The molecule has 6 nitrogen and oxygen atoms in total. The van der Waals surface area contributed by atoms with Crippen LogP contribution in [-0.4, -0.2) is 30.3 Å². The minimum absolute atomic E-state index is 0.125. The molecule has 2 aromatic carbocycles. The number of hydrogen-bond acceptors (Lipinski definition) is 5. The molecule has 7 heteroatoms. The van der Waals surface area contributed by atoms with Gasteiger partial charge in [-0.25, -0.2) is 4.39 Å². The Hall–Kier alpha value is -3.35. The zero-order chi connectivity index (χ0) is 21.1. The van der Waals surface area contributed by atoms with E-state index in [9.17, 15) is 9.18 Å². The molecule has 0 radical (unpaired) electrons. The lowest BCUT2D eigenvalue weighted by atomic mass is 10.1. The molecular weight excluding hydrogens is 385 g/mol. The average Bonchev–Trinajstić information content (AvgIpc) is 3.12. The van der Waals surface area contributed by atoms with Crippen molar-refractivity contribution >= 4 is 11.6 Å². The van der Waals surface area contributed by atoms with Gasteiger partial charge in [-0.2, -0.15) is 0 Å². The fourth-order valence-electron chi connectivity index (χ4n) is 3.52. The van der Waals surface area contributed by atoms with Crippen molar-refractivity contribution in [3.05, 3.63) is 65.6 Å². The van der Waals surface area contributed by atoms with Gasteiger partial charge in [-0.05, 0) is 49.7 Å². The van der Waals surface area contributed by atoms with Gasteiger partial charge < -0.3 is 19.5 Å². The van der Waals surface area contributed by atoms with E-state index in [0.717, 1.165) is 28.9 Å². The van der Waals surface area contributed by atoms with Crippen molar-refractivity contribution in [2.45, 2.75) is 32.9 Å². The van der Waals surface area contributed by atoms with Gasteiger partial charge in [-0.3, -0.25) is 4.79 Å². The van der Waals surface area contributed by atoms with Crippen molar-refractivity contribution < 1.29 is 18.4 Å². The van der Waals surface area contributed by atoms with Crippen molar-refractivity contribution in [2.24, 2.45) is 0 Å². The fourth-order valence-corrected chi connectivity index (χ4v) is 3.52. The van der Waals surface area contributed by atoms with E-state index in [1.807, 2.05) is 38.1 Å².